The van der Waals surface area contributed by atoms with Gasteiger partial charge in [-0.05, 0) is 35.4 Å². The third kappa shape index (κ3) is 4.04. The standard InChI is InChI=1S/C28H25N3O6/c1-35-21-11-17(12-22(36-2)27(21)37-3)24-23(25(32)19-14-30-20-9-5-4-8-18(19)20)26(33)28(34)31(24)15-16-7-6-10-29-13-16/h4-14,24,30,32H,15H2,1-3H3/b25-23-. The summed E-state index contributed by atoms with van der Waals surface area (Å²) in [5, 5.41) is 12.2. The third-order valence-corrected chi connectivity index (χ3v) is 6.46. The SMILES string of the molecule is COc1cc(C2/C(=C(/O)c3c[nH]c4ccccc34)C(=O)C(=O)N2Cc2cccnc2)cc(OC)c1OC. The Bertz CT molecular complexity index is 1500. The summed E-state index contributed by atoms with van der Waals surface area (Å²) in [6, 6.07) is 13.4. The van der Waals surface area contributed by atoms with Crippen LogP contribution in [0.1, 0.15) is 22.7 Å². The Morgan fingerprint density at radius 1 is 1.03 bits per heavy atom. The maximum absolute atomic E-state index is 13.5. The van der Waals surface area contributed by atoms with Crippen LogP contribution in [0.15, 0.2) is 72.7 Å². The fourth-order valence-corrected chi connectivity index (χ4v) is 4.75. The first-order valence-corrected chi connectivity index (χ1v) is 11.5. The van der Waals surface area contributed by atoms with Crippen LogP contribution in [-0.2, 0) is 16.1 Å². The number of aromatic nitrogens is 2. The number of fused-ring (bicyclic) bond motifs is 1. The van der Waals surface area contributed by atoms with E-state index in [1.807, 2.05) is 30.3 Å². The lowest BCUT2D eigenvalue weighted by Gasteiger charge is -2.26. The van der Waals surface area contributed by atoms with Gasteiger partial charge in [0.15, 0.2) is 11.5 Å². The maximum Gasteiger partial charge on any atom is 0.295 e. The van der Waals surface area contributed by atoms with Gasteiger partial charge in [-0.25, -0.2) is 0 Å². The highest BCUT2D eigenvalue weighted by Crippen LogP contribution is 2.46. The Hall–Kier alpha value is -4.79. The van der Waals surface area contributed by atoms with Crippen molar-refractivity contribution in [2.24, 2.45) is 0 Å². The predicted octanol–water partition coefficient (Wildman–Crippen LogP) is 4.21. The van der Waals surface area contributed by atoms with Gasteiger partial charge in [0.05, 0.1) is 32.9 Å². The highest BCUT2D eigenvalue weighted by molar-refractivity contribution is 6.46. The second-order valence-electron chi connectivity index (χ2n) is 8.49. The van der Waals surface area contributed by atoms with Crippen LogP contribution in [0.4, 0.5) is 0 Å². The largest absolute Gasteiger partial charge is 0.507 e. The van der Waals surface area contributed by atoms with Crippen molar-refractivity contribution in [3.63, 3.8) is 0 Å². The molecule has 2 aromatic heterocycles. The first kappa shape index (κ1) is 23.9. The number of H-pyrrole nitrogens is 1. The van der Waals surface area contributed by atoms with Crippen LogP contribution in [0.2, 0.25) is 0 Å². The predicted molar refractivity (Wildman–Crippen MR) is 136 cm³/mol. The summed E-state index contributed by atoms with van der Waals surface area (Å²) in [6.07, 6.45) is 4.89. The van der Waals surface area contributed by atoms with Crippen LogP contribution in [0.25, 0.3) is 16.7 Å². The monoisotopic (exact) mass is 499 g/mol. The molecular formula is C28H25N3O6. The van der Waals surface area contributed by atoms with E-state index >= 15 is 0 Å². The highest BCUT2D eigenvalue weighted by atomic mass is 16.5. The number of amides is 1. The number of nitrogens with zero attached hydrogens (tertiary/aromatic N) is 2. The molecular weight excluding hydrogens is 474 g/mol. The summed E-state index contributed by atoms with van der Waals surface area (Å²) >= 11 is 0. The summed E-state index contributed by atoms with van der Waals surface area (Å²) in [5.41, 5.74) is 2.42. The van der Waals surface area contributed by atoms with E-state index in [-0.39, 0.29) is 17.9 Å². The molecule has 0 aliphatic carbocycles. The Kier molecular flexibility index (Phi) is 6.27. The van der Waals surface area contributed by atoms with E-state index in [1.165, 1.54) is 26.2 Å². The zero-order valence-corrected chi connectivity index (χ0v) is 20.5. The van der Waals surface area contributed by atoms with Crippen molar-refractivity contribution in [1.82, 2.24) is 14.9 Å². The average molecular weight is 500 g/mol. The molecule has 1 saturated heterocycles. The van der Waals surface area contributed by atoms with Gasteiger partial charge in [0, 0.05) is 41.6 Å². The number of para-hydroxylation sites is 1. The number of aliphatic hydroxyl groups is 1. The number of methoxy groups -OCH3 is 3. The average Bonchev–Trinajstić information content (AvgIpc) is 3.47. The summed E-state index contributed by atoms with van der Waals surface area (Å²) in [5.74, 6) is -0.709. The van der Waals surface area contributed by atoms with Gasteiger partial charge in [0.1, 0.15) is 5.76 Å². The number of carbonyl (C=O) groups is 2. The van der Waals surface area contributed by atoms with Crippen molar-refractivity contribution in [1.29, 1.82) is 0 Å². The molecule has 9 heteroatoms. The first-order chi connectivity index (χ1) is 18.0. The van der Waals surface area contributed by atoms with Crippen LogP contribution >= 0.6 is 0 Å². The van der Waals surface area contributed by atoms with Crippen molar-refractivity contribution in [2.75, 3.05) is 21.3 Å². The molecule has 4 aromatic rings. The van der Waals surface area contributed by atoms with Crippen LogP contribution in [0, 0.1) is 0 Å². The summed E-state index contributed by atoms with van der Waals surface area (Å²) in [7, 11) is 4.46. The molecule has 188 valence electrons. The minimum atomic E-state index is -0.928. The number of hydrogen-bond acceptors (Lipinski definition) is 7. The molecule has 1 fully saturated rings. The normalized spacial score (nSPS) is 16.8. The number of hydrogen-bond donors (Lipinski definition) is 2. The lowest BCUT2D eigenvalue weighted by molar-refractivity contribution is -0.140. The topological polar surface area (TPSA) is 114 Å². The maximum atomic E-state index is 13.5. The Labute approximate surface area is 212 Å². The van der Waals surface area contributed by atoms with Gasteiger partial charge in [0.25, 0.3) is 11.7 Å². The van der Waals surface area contributed by atoms with Crippen LogP contribution in [0.5, 0.6) is 17.2 Å². The second kappa shape index (κ2) is 9.69. The third-order valence-electron chi connectivity index (χ3n) is 6.46. The number of benzene rings is 2. The quantitative estimate of drug-likeness (QED) is 0.222. The van der Waals surface area contributed by atoms with Crippen LogP contribution in [-0.4, -0.2) is 53.0 Å². The summed E-state index contributed by atoms with van der Waals surface area (Å²) < 4.78 is 16.5. The Morgan fingerprint density at radius 3 is 2.41 bits per heavy atom. The van der Waals surface area contributed by atoms with E-state index in [9.17, 15) is 14.7 Å². The van der Waals surface area contributed by atoms with Crippen molar-refractivity contribution >= 4 is 28.4 Å². The number of carbonyl (C=O) groups excluding carboxylic acids is 2. The molecule has 9 nitrogen and oxygen atoms in total. The van der Waals surface area contributed by atoms with Gasteiger partial charge in [-0.3, -0.25) is 14.6 Å². The molecule has 1 unspecified atom stereocenters. The number of ketones is 1. The molecule has 1 amide bonds. The van der Waals surface area contributed by atoms with E-state index in [4.69, 9.17) is 14.2 Å². The first-order valence-electron chi connectivity index (χ1n) is 11.5. The fraction of sp³-hybridized carbons (Fsp3) is 0.179. The van der Waals surface area contributed by atoms with Gasteiger partial charge >= 0.3 is 0 Å². The number of Topliss-reactive ketones (excluding diaryl/α,β-unsaturated/α-hetero) is 1. The van der Waals surface area contributed by atoms with Crippen LogP contribution in [0.3, 0.4) is 0 Å². The lowest BCUT2D eigenvalue weighted by Crippen LogP contribution is -2.29. The molecule has 2 aromatic carbocycles. The number of ether oxygens (including phenoxy) is 3. The minimum absolute atomic E-state index is 0.0343. The number of aliphatic hydroxyl groups excluding tert-OH is 1. The second-order valence-corrected chi connectivity index (χ2v) is 8.49. The lowest BCUT2D eigenvalue weighted by atomic mass is 9.94. The molecule has 37 heavy (non-hydrogen) atoms. The van der Waals surface area contributed by atoms with Crippen molar-refractivity contribution in [3.05, 3.63) is 89.4 Å². The van der Waals surface area contributed by atoms with E-state index in [2.05, 4.69) is 9.97 Å². The zero-order valence-electron chi connectivity index (χ0n) is 20.5. The molecule has 1 aliphatic heterocycles. The zero-order chi connectivity index (χ0) is 26.1. The molecule has 2 N–H and O–H groups in total. The van der Waals surface area contributed by atoms with Crippen molar-refractivity contribution in [2.45, 2.75) is 12.6 Å². The van der Waals surface area contributed by atoms with Crippen molar-refractivity contribution < 1.29 is 28.9 Å². The van der Waals surface area contributed by atoms with Gasteiger partial charge in [0.2, 0.25) is 5.75 Å². The summed E-state index contributed by atoms with van der Waals surface area (Å²) in [6.45, 7) is 0.102. The van der Waals surface area contributed by atoms with Crippen molar-refractivity contribution in [3.8, 4) is 17.2 Å². The number of nitrogens with one attached hydrogen (secondary N) is 1. The van der Waals surface area contributed by atoms with Crippen LogP contribution < -0.4 is 14.2 Å². The molecule has 1 aliphatic rings. The minimum Gasteiger partial charge on any atom is -0.507 e. The molecule has 0 radical (unpaired) electrons. The Morgan fingerprint density at radius 2 is 1.76 bits per heavy atom. The molecule has 3 heterocycles. The molecule has 1 atom stereocenters. The number of rotatable bonds is 7. The number of pyridine rings is 1. The number of aromatic amines is 1. The van der Waals surface area contributed by atoms with E-state index in [0.29, 0.717) is 28.4 Å². The summed E-state index contributed by atoms with van der Waals surface area (Å²) in [4.78, 5) is 35.5. The molecule has 0 saturated carbocycles. The highest BCUT2D eigenvalue weighted by Gasteiger charge is 2.46. The Balaban J connectivity index is 1.74. The van der Waals surface area contributed by atoms with Gasteiger partial charge in [-0.1, -0.05) is 24.3 Å². The van der Waals surface area contributed by atoms with E-state index in [1.54, 1.807) is 36.8 Å². The molecule has 5 rings (SSSR count). The van der Waals surface area contributed by atoms with Gasteiger partial charge in [-0.2, -0.15) is 0 Å². The van der Waals surface area contributed by atoms with E-state index < -0.39 is 17.7 Å². The molecule has 0 bridgehead atoms. The van der Waals surface area contributed by atoms with Gasteiger partial charge in [-0.15, -0.1) is 0 Å². The smallest absolute Gasteiger partial charge is 0.295 e. The van der Waals surface area contributed by atoms with Gasteiger partial charge < -0.3 is 29.2 Å². The van der Waals surface area contributed by atoms with E-state index in [0.717, 1.165) is 16.5 Å². The number of likely N-dealkylation sites (tertiary alicyclic amines) is 1. The molecule has 0 spiro atoms. The fourth-order valence-electron chi connectivity index (χ4n) is 4.75.